The number of benzene rings is 2. The van der Waals surface area contributed by atoms with Gasteiger partial charge in [0.2, 0.25) is 0 Å². The molecule has 0 radical (unpaired) electrons. The van der Waals surface area contributed by atoms with Crippen LogP contribution >= 0.6 is 0 Å². The molecule has 5 heteroatoms. The van der Waals surface area contributed by atoms with Crippen molar-refractivity contribution in [3.63, 3.8) is 0 Å². The van der Waals surface area contributed by atoms with Crippen LogP contribution in [0.5, 0.6) is 5.75 Å². The van der Waals surface area contributed by atoms with E-state index in [1.165, 1.54) is 16.3 Å². The molecule has 0 fully saturated rings. The molecule has 0 heterocycles. The van der Waals surface area contributed by atoms with Gasteiger partial charge in [0.15, 0.2) is 0 Å². The van der Waals surface area contributed by atoms with E-state index in [0.717, 1.165) is 38.5 Å². The van der Waals surface area contributed by atoms with Crippen molar-refractivity contribution in [2.45, 2.75) is 20.4 Å². The first-order valence-corrected chi connectivity index (χ1v) is 7.77. The standard InChI is InChI=1S/C18H26N2O.2ClH/c1-4-20(5-2)13-12-19-14-17-16-9-7-6-8-15(16)10-11-18(17)21-3;;/h6-11,19H,4-5,12-14H2,1-3H3;2*1H/p-2. The molecule has 0 saturated carbocycles. The summed E-state index contributed by atoms with van der Waals surface area (Å²) in [7, 11) is 1.74. The lowest BCUT2D eigenvalue weighted by Crippen LogP contribution is -3.00. The van der Waals surface area contributed by atoms with Crippen LogP contribution < -0.4 is 34.9 Å². The van der Waals surface area contributed by atoms with Gasteiger partial charge in [0.25, 0.3) is 0 Å². The summed E-state index contributed by atoms with van der Waals surface area (Å²) in [5, 5.41) is 6.08. The number of likely N-dealkylation sites (N-methyl/N-ethyl adjacent to an activating group) is 1. The average Bonchev–Trinajstić information content (AvgIpc) is 2.54. The Balaban J connectivity index is 0.00000242. The zero-order chi connectivity index (χ0) is 15.1. The predicted octanol–water partition coefficient (Wildman–Crippen LogP) is -2.71. The first-order chi connectivity index (χ1) is 10.3. The molecule has 0 unspecified atom stereocenters. The van der Waals surface area contributed by atoms with Crippen LogP contribution in [-0.4, -0.2) is 38.2 Å². The maximum absolute atomic E-state index is 5.52. The number of hydrogen-bond acceptors (Lipinski definition) is 3. The normalized spacial score (nSPS) is 10.3. The highest BCUT2D eigenvalue weighted by atomic mass is 35.5. The number of ether oxygens (including phenoxy) is 1. The van der Waals surface area contributed by atoms with Crippen LogP contribution in [0.25, 0.3) is 10.8 Å². The van der Waals surface area contributed by atoms with Crippen LogP contribution in [-0.2, 0) is 6.54 Å². The van der Waals surface area contributed by atoms with Crippen molar-refractivity contribution in [3.8, 4) is 5.75 Å². The lowest BCUT2D eigenvalue weighted by atomic mass is 10.0. The third-order valence-corrected chi connectivity index (χ3v) is 4.02. The molecule has 1 N–H and O–H groups in total. The molecule has 0 aliphatic rings. The van der Waals surface area contributed by atoms with Gasteiger partial charge in [0, 0.05) is 25.2 Å². The van der Waals surface area contributed by atoms with Crippen molar-refractivity contribution in [3.05, 3.63) is 42.0 Å². The van der Waals surface area contributed by atoms with Crippen LogP contribution in [0.3, 0.4) is 0 Å². The number of fused-ring (bicyclic) bond motifs is 1. The number of hydrogen-bond donors (Lipinski definition) is 1. The van der Waals surface area contributed by atoms with Crippen molar-refractivity contribution in [2.24, 2.45) is 0 Å². The van der Waals surface area contributed by atoms with E-state index in [2.05, 4.69) is 60.5 Å². The molecule has 0 amide bonds. The summed E-state index contributed by atoms with van der Waals surface area (Å²) in [6.45, 7) is 9.54. The van der Waals surface area contributed by atoms with Gasteiger partial charge in [-0.3, -0.25) is 0 Å². The summed E-state index contributed by atoms with van der Waals surface area (Å²) in [6, 6.07) is 12.7. The van der Waals surface area contributed by atoms with Gasteiger partial charge in [-0.1, -0.05) is 44.2 Å². The molecule has 2 aromatic carbocycles. The molecule has 0 aliphatic carbocycles. The molecule has 0 aromatic heterocycles. The molecule has 0 bridgehead atoms. The molecule has 130 valence electrons. The monoisotopic (exact) mass is 356 g/mol. The second-order valence-electron chi connectivity index (χ2n) is 5.17. The average molecular weight is 357 g/mol. The van der Waals surface area contributed by atoms with E-state index in [0.29, 0.717) is 0 Å². The Morgan fingerprint density at radius 2 is 1.70 bits per heavy atom. The van der Waals surface area contributed by atoms with Gasteiger partial charge in [-0.15, -0.1) is 0 Å². The molecule has 0 saturated heterocycles. The molecular weight excluding hydrogens is 331 g/mol. The Hall–Kier alpha value is -1.000. The van der Waals surface area contributed by atoms with Crippen molar-refractivity contribution in [2.75, 3.05) is 33.3 Å². The molecule has 23 heavy (non-hydrogen) atoms. The number of rotatable bonds is 8. The van der Waals surface area contributed by atoms with Crippen molar-refractivity contribution in [1.29, 1.82) is 0 Å². The largest absolute Gasteiger partial charge is 1.00 e. The summed E-state index contributed by atoms with van der Waals surface area (Å²) in [5.74, 6) is 0.962. The van der Waals surface area contributed by atoms with Crippen molar-refractivity contribution in [1.82, 2.24) is 10.2 Å². The molecule has 3 nitrogen and oxygen atoms in total. The van der Waals surface area contributed by atoms with Gasteiger partial charge in [-0.2, -0.15) is 0 Å². The van der Waals surface area contributed by atoms with Crippen LogP contribution in [0.1, 0.15) is 19.4 Å². The van der Waals surface area contributed by atoms with Gasteiger partial charge in [-0.25, -0.2) is 0 Å². The summed E-state index contributed by atoms with van der Waals surface area (Å²) < 4.78 is 5.52. The second-order valence-corrected chi connectivity index (χ2v) is 5.17. The molecule has 0 aliphatic heterocycles. The maximum Gasteiger partial charge on any atom is 0.123 e. The highest BCUT2D eigenvalue weighted by Crippen LogP contribution is 2.27. The summed E-state index contributed by atoms with van der Waals surface area (Å²) in [6.07, 6.45) is 0. The highest BCUT2D eigenvalue weighted by molar-refractivity contribution is 5.87. The Bertz CT molecular complexity index is 574. The number of halogens is 2. The molecule has 2 rings (SSSR count). The van der Waals surface area contributed by atoms with Gasteiger partial charge >= 0.3 is 0 Å². The van der Waals surface area contributed by atoms with Gasteiger partial charge in [0.05, 0.1) is 7.11 Å². The minimum atomic E-state index is 0. The van der Waals surface area contributed by atoms with E-state index in [4.69, 9.17) is 4.74 Å². The molecule has 2 aromatic rings. The van der Waals surface area contributed by atoms with E-state index in [1.807, 2.05) is 0 Å². The van der Waals surface area contributed by atoms with Gasteiger partial charge in [-0.05, 0) is 29.9 Å². The first kappa shape index (κ1) is 22.0. The van der Waals surface area contributed by atoms with E-state index in [9.17, 15) is 0 Å². The van der Waals surface area contributed by atoms with Crippen LogP contribution in [0, 0.1) is 0 Å². The van der Waals surface area contributed by atoms with Crippen LogP contribution in [0.15, 0.2) is 36.4 Å². The zero-order valence-corrected chi connectivity index (χ0v) is 15.6. The Kier molecular flexibility index (Phi) is 11.0. The van der Waals surface area contributed by atoms with E-state index in [-0.39, 0.29) is 24.8 Å². The number of nitrogens with zero attached hydrogens (tertiary/aromatic N) is 1. The van der Waals surface area contributed by atoms with Crippen LogP contribution in [0.2, 0.25) is 0 Å². The predicted molar refractivity (Wildman–Crippen MR) is 90.0 cm³/mol. The minimum Gasteiger partial charge on any atom is -1.00 e. The number of nitrogens with one attached hydrogen (secondary N) is 1. The SMILES string of the molecule is CCN(CC)CCNCc1c(OC)ccc2ccccc12.[Cl-].[Cl-]. The Labute approximate surface area is 152 Å². The Morgan fingerprint density at radius 3 is 2.35 bits per heavy atom. The lowest BCUT2D eigenvalue weighted by Gasteiger charge is -2.18. The van der Waals surface area contributed by atoms with Gasteiger partial charge < -0.3 is 39.8 Å². The van der Waals surface area contributed by atoms with E-state index >= 15 is 0 Å². The number of methoxy groups -OCH3 is 1. The molecular formula is C18H26Cl2N2O-2. The van der Waals surface area contributed by atoms with E-state index < -0.39 is 0 Å². The zero-order valence-electron chi connectivity index (χ0n) is 14.1. The minimum absolute atomic E-state index is 0. The fourth-order valence-electron chi connectivity index (χ4n) is 2.68. The highest BCUT2D eigenvalue weighted by Gasteiger charge is 2.07. The first-order valence-electron chi connectivity index (χ1n) is 7.77. The van der Waals surface area contributed by atoms with Crippen molar-refractivity contribution >= 4 is 10.8 Å². The van der Waals surface area contributed by atoms with Gasteiger partial charge in [0.1, 0.15) is 5.75 Å². The van der Waals surface area contributed by atoms with E-state index in [1.54, 1.807) is 7.11 Å². The topological polar surface area (TPSA) is 24.5 Å². The molecule has 0 atom stereocenters. The lowest BCUT2D eigenvalue weighted by molar-refractivity contribution is -0.001000. The van der Waals surface area contributed by atoms with Crippen LogP contribution in [0.4, 0.5) is 0 Å². The fourth-order valence-corrected chi connectivity index (χ4v) is 2.68. The molecule has 0 spiro atoms. The smallest absolute Gasteiger partial charge is 0.123 e. The summed E-state index contributed by atoms with van der Waals surface area (Å²) in [4.78, 5) is 2.42. The van der Waals surface area contributed by atoms with Crippen molar-refractivity contribution < 1.29 is 29.6 Å². The maximum atomic E-state index is 5.52. The third-order valence-electron chi connectivity index (χ3n) is 4.02. The second kappa shape index (κ2) is 11.5. The third kappa shape index (κ3) is 5.85. The summed E-state index contributed by atoms with van der Waals surface area (Å²) in [5.41, 5.74) is 1.25. The Morgan fingerprint density at radius 1 is 1.00 bits per heavy atom. The fraction of sp³-hybridized carbons (Fsp3) is 0.444. The quantitative estimate of drug-likeness (QED) is 0.520. The summed E-state index contributed by atoms with van der Waals surface area (Å²) >= 11 is 0.